The highest BCUT2D eigenvalue weighted by atomic mass is 16.1. The summed E-state index contributed by atoms with van der Waals surface area (Å²) in [5, 5.41) is 0. The lowest BCUT2D eigenvalue weighted by atomic mass is 10.1. The van der Waals surface area contributed by atoms with E-state index in [1.807, 2.05) is 53.6 Å². The van der Waals surface area contributed by atoms with Gasteiger partial charge in [-0.3, -0.25) is 4.79 Å². The van der Waals surface area contributed by atoms with Crippen molar-refractivity contribution in [2.75, 3.05) is 6.54 Å². The van der Waals surface area contributed by atoms with Crippen LogP contribution in [0.2, 0.25) is 0 Å². The zero-order valence-electron chi connectivity index (χ0n) is 15.7. The van der Waals surface area contributed by atoms with Gasteiger partial charge in [-0.2, -0.15) is 0 Å². The standard InChI is InChI=1S/C23H19N5O/c29-15-28-11-1-2-22(28)23-24-13-21(27-23)18-8-5-16(6-9-18)3-4-17-7-10-19-20(12-17)26-14-25-19/h5-10,12-15,22H,1-2,11H2,(H,24,27)(H,25,26)/t22-/m0/s1. The maximum absolute atomic E-state index is 11.2. The predicted molar refractivity (Wildman–Crippen MR) is 111 cm³/mol. The summed E-state index contributed by atoms with van der Waals surface area (Å²) in [4.78, 5) is 28.2. The van der Waals surface area contributed by atoms with Crippen LogP contribution in [0.25, 0.3) is 22.3 Å². The van der Waals surface area contributed by atoms with Crippen LogP contribution in [0.3, 0.4) is 0 Å². The van der Waals surface area contributed by atoms with Gasteiger partial charge in [-0.1, -0.05) is 24.0 Å². The first kappa shape index (κ1) is 17.3. The first-order valence-corrected chi connectivity index (χ1v) is 9.62. The monoisotopic (exact) mass is 381 g/mol. The molecule has 2 N–H and O–H groups in total. The van der Waals surface area contributed by atoms with Crippen LogP contribution < -0.4 is 0 Å². The molecule has 2 aromatic heterocycles. The number of rotatable bonds is 3. The third kappa shape index (κ3) is 3.39. The molecule has 142 valence electrons. The molecule has 0 radical (unpaired) electrons. The van der Waals surface area contributed by atoms with Gasteiger partial charge in [0.1, 0.15) is 5.82 Å². The van der Waals surface area contributed by atoms with E-state index in [0.29, 0.717) is 0 Å². The van der Waals surface area contributed by atoms with Crippen LogP contribution in [0.15, 0.2) is 55.0 Å². The highest BCUT2D eigenvalue weighted by Crippen LogP contribution is 2.30. The first-order chi connectivity index (χ1) is 14.3. The minimum Gasteiger partial charge on any atom is -0.345 e. The van der Waals surface area contributed by atoms with Crippen molar-refractivity contribution in [3.63, 3.8) is 0 Å². The molecule has 29 heavy (non-hydrogen) atoms. The van der Waals surface area contributed by atoms with Crippen molar-refractivity contribution in [2.24, 2.45) is 0 Å². The Balaban J connectivity index is 1.34. The number of nitrogens with one attached hydrogen (secondary N) is 2. The summed E-state index contributed by atoms with van der Waals surface area (Å²) in [7, 11) is 0. The number of carbonyl (C=O) groups is 1. The second kappa shape index (κ2) is 7.28. The fourth-order valence-corrected chi connectivity index (χ4v) is 3.75. The molecule has 1 atom stereocenters. The van der Waals surface area contributed by atoms with E-state index in [0.717, 1.165) is 65.0 Å². The number of amides is 1. The number of benzene rings is 2. The molecule has 0 aliphatic carbocycles. The molecule has 0 saturated carbocycles. The fraction of sp³-hybridized carbons (Fsp3) is 0.174. The smallest absolute Gasteiger partial charge is 0.210 e. The molecule has 1 saturated heterocycles. The number of nitrogens with zero attached hydrogens (tertiary/aromatic N) is 3. The molecule has 2 aromatic carbocycles. The molecule has 1 aliphatic rings. The van der Waals surface area contributed by atoms with Crippen LogP contribution in [0.4, 0.5) is 0 Å². The van der Waals surface area contributed by atoms with Crippen LogP contribution in [-0.2, 0) is 4.79 Å². The summed E-state index contributed by atoms with van der Waals surface area (Å²) in [6, 6.07) is 14.1. The second-order valence-corrected chi connectivity index (χ2v) is 7.15. The third-order valence-corrected chi connectivity index (χ3v) is 5.31. The number of likely N-dealkylation sites (tertiary alicyclic amines) is 1. The number of imidazole rings is 2. The van der Waals surface area contributed by atoms with Gasteiger partial charge in [-0.05, 0) is 48.7 Å². The Hall–Kier alpha value is -3.85. The number of H-pyrrole nitrogens is 2. The average Bonchev–Trinajstić information content (AvgIpc) is 3.52. The molecule has 0 bridgehead atoms. The number of hydrogen-bond donors (Lipinski definition) is 2. The summed E-state index contributed by atoms with van der Waals surface area (Å²) in [5.41, 5.74) is 5.80. The normalized spacial score (nSPS) is 16.0. The lowest BCUT2D eigenvalue weighted by Gasteiger charge is -2.17. The Bertz CT molecular complexity index is 1230. The van der Waals surface area contributed by atoms with Gasteiger partial charge < -0.3 is 14.9 Å². The van der Waals surface area contributed by atoms with Crippen LogP contribution in [0.1, 0.15) is 35.8 Å². The van der Waals surface area contributed by atoms with Gasteiger partial charge in [0.05, 0.1) is 35.3 Å². The molecule has 0 unspecified atom stereocenters. The molecule has 3 heterocycles. The Morgan fingerprint density at radius 2 is 1.90 bits per heavy atom. The van der Waals surface area contributed by atoms with E-state index < -0.39 is 0 Å². The second-order valence-electron chi connectivity index (χ2n) is 7.15. The zero-order chi connectivity index (χ0) is 19.6. The molecule has 4 aromatic rings. The zero-order valence-corrected chi connectivity index (χ0v) is 15.7. The van der Waals surface area contributed by atoms with E-state index in [4.69, 9.17) is 0 Å². The average molecular weight is 381 g/mol. The lowest BCUT2D eigenvalue weighted by molar-refractivity contribution is -0.119. The summed E-state index contributed by atoms with van der Waals surface area (Å²) in [6.07, 6.45) is 6.39. The summed E-state index contributed by atoms with van der Waals surface area (Å²) >= 11 is 0. The summed E-state index contributed by atoms with van der Waals surface area (Å²) in [6.45, 7) is 0.797. The molecule has 1 amide bonds. The lowest BCUT2D eigenvalue weighted by Crippen LogP contribution is -2.21. The molecular formula is C23H19N5O. The largest absolute Gasteiger partial charge is 0.345 e. The van der Waals surface area contributed by atoms with Gasteiger partial charge in [-0.25, -0.2) is 9.97 Å². The quantitative estimate of drug-likeness (QED) is 0.420. The van der Waals surface area contributed by atoms with Crippen molar-refractivity contribution in [2.45, 2.75) is 18.9 Å². The van der Waals surface area contributed by atoms with Crippen molar-refractivity contribution in [3.8, 4) is 23.1 Å². The van der Waals surface area contributed by atoms with Gasteiger partial charge in [0.15, 0.2) is 0 Å². The minimum absolute atomic E-state index is 0.0543. The van der Waals surface area contributed by atoms with Crippen molar-refractivity contribution in [1.82, 2.24) is 24.8 Å². The third-order valence-electron chi connectivity index (χ3n) is 5.31. The van der Waals surface area contributed by atoms with Gasteiger partial charge in [0, 0.05) is 17.7 Å². The van der Waals surface area contributed by atoms with Gasteiger partial charge in [0.25, 0.3) is 0 Å². The van der Waals surface area contributed by atoms with Gasteiger partial charge in [-0.15, -0.1) is 0 Å². The Morgan fingerprint density at radius 3 is 2.76 bits per heavy atom. The maximum atomic E-state index is 11.2. The van der Waals surface area contributed by atoms with Crippen LogP contribution >= 0.6 is 0 Å². The Kier molecular flexibility index (Phi) is 4.34. The van der Waals surface area contributed by atoms with Crippen molar-refractivity contribution in [1.29, 1.82) is 0 Å². The van der Waals surface area contributed by atoms with Crippen molar-refractivity contribution < 1.29 is 4.79 Å². The van der Waals surface area contributed by atoms with Gasteiger partial charge >= 0.3 is 0 Å². The van der Waals surface area contributed by atoms with Crippen LogP contribution in [0.5, 0.6) is 0 Å². The van der Waals surface area contributed by atoms with Crippen LogP contribution in [-0.4, -0.2) is 37.8 Å². The number of aromatic nitrogens is 4. The highest BCUT2D eigenvalue weighted by Gasteiger charge is 2.26. The maximum Gasteiger partial charge on any atom is 0.210 e. The van der Waals surface area contributed by atoms with Gasteiger partial charge in [0.2, 0.25) is 6.41 Å². The van der Waals surface area contributed by atoms with Crippen molar-refractivity contribution in [3.05, 3.63) is 71.9 Å². The molecule has 1 aliphatic heterocycles. The van der Waals surface area contributed by atoms with E-state index in [1.165, 1.54) is 0 Å². The first-order valence-electron chi connectivity index (χ1n) is 9.62. The number of hydrogen-bond acceptors (Lipinski definition) is 3. The minimum atomic E-state index is 0.0543. The van der Waals surface area contributed by atoms with E-state index >= 15 is 0 Å². The summed E-state index contributed by atoms with van der Waals surface area (Å²) < 4.78 is 0. The molecular weight excluding hydrogens is 362 g/mol. The SMILES string of the molecule is O=CN1CCC[C@H]1c1ncc(-c2ccc(C#Cc3ccc4nc[nH]c4c3)cc2)[nH]1. The van der Waals surface area contributed by atoms with Crippen LogP contribution in [0, 0.1) is 11.8 Å². The number of carbonyl (C=O) groups excluding carboxylic acids is 1. The predicted octanol–water partition coefficient (Wildman–Crippen LogP) is 3.65. The summed E-state index contributed by atoms with van der Waals surface area (Å²) in [5.74, 6) is 7.25. The van der Waals surface area contributed by atoms with E-state index in [2.05, 4.69) is 31.8 Å². The highest BCUT2D eigenvalue weighted by molar-refractivity contribution is 5.76. The van der Waals surface area contributed by atoms with E-state index in [9.17, 15) is 4.79 Å². The number of fused-ring (bicyclic) bond motifs is 1. The molecule has 1 fully saturated rings. The number of aromatic amines is 2. The molecule has 6 heteroatoms. The Morgan fingerprint density at radius 1 is 1.07 bits per heavy atom. The Labute approximate surface area is 168 Å². The molecule has 0 spiro atoms. The molecule has 6 nitrogen and oxygen atoms in total. The molecule has 5 rings (SSSR count). The topological polar surface area (TPSA) is 77.7 Å². The van der Waals surface area contributed by atoms with E-state index in [-0.39, 0.29) is 6.04 Å². The fourth-order valence-electron chi connectivity index (χ4n) is 3.75. The van der Waals surface area contributed by atoms with E-state index in [1.54, 1.807) is 6.33 Å². The van der Waals surface area contributed by atoms with Crippen molar-refractivity contribution >= 4 is 17.4 Å².